The van der Waals surface area contributed by atoms with E-state index in [2.05, 4.69) is 15.5 Å². The van der Waals surface area contributed by atoms with E-state index in [1.54, 1.807) is 0 Å². The molecular formula is C19H12F5N5O4S. The van der Waals surface area contributed by atoms with Gasteiger partial charge in [-0.2, -0.15) is 13.2 Å². The number of hydrogen-bond acceptors (Lipinski definition) is 7. The first kappa shape index (κ1) is 23.3. The summed E-state index contributed by atoms with van der Waals surface area (Å²) in [5, 5.41) is 7.25. The number of amides is 1. The lowest BCUT2D eigenvalue weighted by Gasteiger charge is -2.10. The van der Waals surface area contributed by atoms with Crippen molar-refractivity contribution in [2.45, 2.75) is 12.6 Å². The Bertz CT molecular complexity index is 1540. The topological polar surface area (TPSA) is 112 Å². The van der Waals surface area contributed by atoms with Crippen LogP contribution in [0.15, 0.2) is 31.6 Å². The average molecular weight is 501 g/mol. The quantitative estimate of drug-likeness (QED) is 0.431. The zero-order valence-corrected chi connectivity index (χ0v) is 18.0. The lowest BCUT2D eigenvalue weighted by atomic mass is 10.1. The van der Waals surface area contributed by atoms with Crippen molar-refractivity contribution in [3.8, 4) is 11.3 Å². The number of fused-ring (bicyclic) bond motifs is 1. The lowest BCUT2D eigenvalue weighted by Crippen LogP contribution is -2.37. The maximum absolute atomic E-state index is 13.8. The molecule has 0 aliphatic rings. The number of anilines is 1. The van der Waals surface area contributed by atoms with Gasteiger partial charge in [0.2, 0.25) is 5.91 Å². The highest BCUT2D eigenvalue weighted by Crippen LogP contribution is 2.36. The third kappa shape index (κ3) is 3.98. The predicted molar refractivity (Wildman–Crippen MR) is 109 cm³/mol. The number of aryl methyl sites for hydroxylation is 1. The number of alkyl halides is 3. The maximum Gasteiger partial charge on any atom is 0.422 e. The van der Waals surface area contributed by atoms with E-state index in [1.165, 1.54) is 19.5 Å². The first-order chi connectivity index (χ1) is 15.9. The van der Waals surface area contributed by atoms with Crippen LogP contribution >= 0.6 is 11.3 Å². The highest BCUT2D eigenvalue weighted by atomic mass is 32.1. The number of benzene rings is 1. The van der Waals surface area contributed by atoms with Gasteiger partial charge >= 0.3 is 11.9 Å². The number of nitrogens with zero attached hydrogens (tertiary/aromatic N) is 4. The van der Waals surface area contributed by atoms with Crippen molar-refractivity contribution in [3.63, 3.8) is 0 Å². The monoisotopic (exact) mass is 501 g/mol. The molecule has 3 heterocycles. The van der Waals surface area contributed by atoms with E-state index >= 15 is 0 Å². The minimum absolute atomic E-state index is 0.0233. The Labute approximate surface area is 189 Å². The summed E-state index contributed by atoms with van der Waals surface area (Å²) in [7, 11) is 2.63. The van der Waals surface area contributed by atoms with Crippen molar-refractivity contribution in [2.24, 2.45) is 14.1 Å². The molecule has 0 saturated heterocycles. The van der Waals surface area contributed by atoms with Gasteiger partial charge in [-0.05, 0) is 12.1 Å². The second-order valence-corrected chi connectivity index (χ2v) is 7.94. The molecule has 1 N–H and O–H groups in total. The first-order valence-corrected chi connectivity index (χ1v) is 10.1. The molecule has 0 atom stereocenters. The second kappa shape index (κ2) is 8.16. The fourth-order valence-corrected chi connectivity index (χ4v) is 3.95. The molecule has 1 aromatic carbocycles. The highest BCUT2D eigenvalue weighted by molar-refractivity contribution is 7.14. The van der Waals surface area contributed by atoms with Crippen molar-refractivity contribution in [2.75, 3.05) is 5.32 Å². The van der Waals surface area contributed by atoms with E-state index in [4.69, 9.17) is 4.52 Å². The van der Waals surface area contributed by atoms with Gasteiger partial charge in [0.1, 0.15) is 22.6 Å². The van der Waals surface area contributed by atoms with Crippen LogP contribution in [0.3, 0.4) is 0 Å². The van der Waals surface area contributed by atoms with Crippen LogP contribution in [0, 0.1) is 11.6 Å². The van der Waals surface area contributed by atoms with Gasteiger partial charge in [0.25, 0.3) is 5.56 Å². The van der Waals surface area contributed by atoms with E-state index in [0.717, 1.165) is 20.5 Å². The first-order valence-electron chi connectivity index (χ1n) is 9.24. The van der Waals surface area contributed by atoms with Gasteiger partial charge in [-0.3, -0.25) is 18.7 Å². The van der Waals surface area contributed by atoms with Gasteiger partial charge in [0.15, 0.2) is 16.5 Å². The third-order valence-electron chi connectivity index (χ3n) is 4.85. The number of aromatic nitrogens is 4. The molecule has 34 heavy (non-hydrogen) atoms. The highest BCUT2D eigenvalue weighted by Gasteiger charge is 2.38. The van der Waals surface area contributed by atoms with Crippen molar-refractivity contribution >= 4 is 33.4 Å². The molecule has 0 bridgehead atoms. The molecule has 0 fully saturated rings. The van der Waals surface area contributed by atoms with Crippen molar-refractivity contribution in [1.82, 2.24) is 19.3 Å². The van der Waals surface area contributed by atoms with E-state index in [1.807, 2.05) is 0 Å². The third-order valence-corrected chi connectivity index (χ3v) is 5.61. The molecule has 4 rings (SSSR count). The van der Waals surface area contributed by atoms with E-state index < -0.39 is 47.0 Å². The van der Waals surface area contributed by atoms with Crippen molar-refractivity contribution in [1.29, 1.82) is 0 Å². The molecule has 9 nitrogen and oxygen atoms in total. The molecule has 0 aliphatic heterocycles. The summed E-state index contributed by atoms with van der Waals surface area (Å²) in [5.41, 5.74) is -3.72. The number of carbonyl (C=O) groups is 1. The summed E-state index contributed by atoms with van der Waals surface area (Å²) in [6, 6.07) is 0.987. The molecule has 3 aromatic heterocycles. The Morgan fingerprint density at radius 1 is 1.15 bits per heavy atom. The molecule has 0 spiro atoms. The SMILES string of the molecule is Cn1c(=O)c2c(CC(=O)Nc3nc(-c4cc(F)c(C(F)(F)F)c(F)c4)cs3)onc2n(C)c1=O. The summed E-state index contributed by atoms with van der Waals surface area (Å²) < 4.78 is 72.9. The molecule has 178 valence electrons. The summed E-state index contributed by atoms with van der Waals surface area (Å²) in [5.74, 6) is -4.39. The van der Waals surface area contributed by atoms with Crippen LogP contribution in [0.25, 0.3) is 22.3 Å². The van der Waals surface area contributed by atoms with Crippen molar-refractivity contribution in [3.05, 3.63) is 61.3 Å². The lowest BCUT2D eigenvalue weighted by molar-refractivity contribution is -0.142. The number of nitrogens with one attached hydrogen (secondary N) is 1. The number of hydrogen-bond donors (Lipinski definition) is 1. The summed E-state index contributed by atoms with van der Waals surface area (Å²) in [4.78, 5) is 40.7. The van der Waals surface area contributed by atoms with Crippen LogP contribution in [0.2, 0.25) is 0 Å². The Balaban J connectivity index is 1.57. The predicted octanol–water partition coefficient (Wildman–Crippen LogP) is 2.83. The number of rotatable bonds is 4. The molecule has 4 aromatic rings. The molecule has 0 radical (unpaired) electrons. The zero-order chi connectivity index (χ0) is 24.9. The van der Waals surface area contributed by atoms with Gasteiger partial charge in [-0.15, -0.1) is 11.3 Å². The van der Waals surface area contributed by atoms with E-state index in [-0.39, 0.29) is 33.2 Å². The number of halogens is 5. The van der Waals surface area contributed by atoms with E-state index in [0.29, 0.717) is 12.1 Å². The smallest absolute Gasteiger partial charge is 0.358 e. The summed E-state index contributed by atoms with van der Waals surface area (Å²) in [6.45, 7) is 0. The van der Waals surface area contributed by atoms with Crippen molar-refractivity contribution < 1.29 is 31.3 Å². The number of thiazole rings is 1. The van der Waals surface area contributed by atoms with Crippen LogP contribution in [0.5, 0.6) is 0 Å². The van der Waals surface area contributed by atoms with Gasteiger partial charge in [-0.1, -0.05) is 5.16 Å². The fourth-order valence-electron chi connectivity index (χ4n) is 3.21. The van der Waals surface area contributed by atoms with Crippen LogP contribution in [-0.4, -0.2) is 25.2 Å². The average Bonchev–Trinajstić information content (AvgIpc) is 3.36. The zero-order valence-electron chi connectivity index (χ0n) is 17.2. The minimum Gasteiger partial charge on any atom is -0.358 e. The molecule has 15 heteroatoms. The fraction of sp³-hybridized carbons (Fsp3) is 0.211. The largest absolute Gasteiger partial charge is 0.422 e. The summed E-state index contributed by atoms with van der Waals surface area (Å²) >= 11 is 0.853. The second-order valence-electron chi connectivity index (χ2n) is 7.09. The summed E-state index contributed by atoms with van der Waals surface area (Å²) in [6.07, 6.45) is -5.66. The van der Waals surface area contributed by atoms with Gasteiger partial charge < -0.3 is 9.84 Å². The van der Waals surface area contributed by atoms with Crippen LogP contribution < -0.4 is 16.6 Å². The normalized spacial score (nSPS) is 11.9. The molecule has 1 amide bonds. The maximum atomic E-state index is 13.8. The Kier molecular flexibility index (Phi) is 5.59. The molecule has 0 aliphatic carbocycles. The Morgan fingerprint density at radius 3 is 2.41 bits per heavy atom. The molecular weight excluding hydrogens is 489 g/mol. The molecule has 0 saturated carbocycles. The molecule has 0 unspecified atom stereocenters. The van der Waals surface area contributed by atoms with Gasteiger partial charge in [0, 0.05) is 25.0 Å². The Hall–Kier alpha value is -3.88. The standard InChI is InChI=1S/C19H12F5N5O4S/c1-28-15-13(16(31)29(2)18(28)32)11(33-27-15)5-12(30)26-17-25-10(6-34-17)7-3-8(20)14(9(21)4-7)19(22,23)24/h3-4,6H,5H2,1-2H3,(H,25,26,30). The van der Waals surface area contributed by atoms with Gasteiger partial charge in [-0.25, -0.2) is 18.6 Å². The van der Waals surface area contributed by atoms with E-state index in [9.17, 15) is 36.3 Å². The van der Waals surface area contributed by atoms with Crippen LogP contribution in [0.1, 0.15) is 11.3 Å². The Morgan fingerprint density at radius 2 is 1.79 bits per heavy atom. The minimum atomic E-state index is -5.20. The van der Waals surface area contributed by atoms with Gasteiger partial charge in [0.05, 0.1) is 12.1 Å². The van der Waals surface area contributed by atoms with Crippen LogP contribution in [0.4, 0.5) is 27.1 Å². The number of carbonyl (C=O) groups excluding carboxylic acids is 1. The van der Waals surface area contributed by atoms with Crippen LogP contribution in [-0.2, 0) is 31.5 Å².